The molecule has 1 amide bonds. The van der Waals surface area contributed by atoms with E-state index in [1.165, 1.54) is 19.2 Å². The lowest BCUT2D eigenvalue weighted by Gasteiger charge is -2.10. The molecule has 0 aliphatic rings. The Hall–Kier alpha value is -3.10. The van der Waals surface area contributed by atoms with E-state index < -0.39 is 5.91 Å². The van der Waals surface area contributed by atoms with Crippen LogP contribution in [0.4, 0.5) is 0 Å². The molecule has 0 saturated heterocycles. The lowest BCUT2D eigenvalue weighted by atomic mass is 10.2. The molecule has 0 radical (unpaired) electrons. The van der Waals surface area contributed by atoms with Crippen molar-refractivity contribution in [1.29, 1.82) is 0 Å². The largest absolute Gasteiger partial charge is 0.493 e. The number of hydrogen-bond acceptors (Lipinski definition) is 7. The van der Waals surface area contributed by atoms with Crippen molar-refractivity contribution >= 4 is 17.5 Å². The van der Waals surface area contributed by atoms with Gasteiger partial charge >= 0.3 is 0 Å². The fourth-order valence-corrected chi connectivity index (χ4v) is 2.29. The van der Waals surface area contributed by atoms with Gasteiger partial charge in [0.25, 0.3) is 11.8 Å². The Balaban J connectivity index is 1.75. The first-order valence-electron chi connectivity index (χ1n) is 7.44. The third-order valence-electron chi connectivity index (χ3n) is 3.44. The molecule has 0 atom stereocenters. The highest BCUT2D eigenvalue weighted by molar-refractivity contribution is 6.30. The van der Waals surface area contributed by atoms with Crippen LogP contribution in [-0.4, -0.2) is 28.4 Å². The van der Waals surface area contributed by atoms with Gasteiger partial charge in [-0.2, -0.15) is 4.98 Å². The second-order valence-electron chi connectivity index (χ2n) is 5.12. The van der Waals surface area contributed by atoms with Gasteiger partial charge in [-0.1, -0.05) is 16.8 Å². The number of amides is 1. The first-order chi connectivity index (χ1) is 12.6. The van der Waals surface area contributed by atoms with E-state index in [2.05, 4.69) is 10.1 Å². The van der Waals surface area contributed by atoms with Crippen molar-refractivity contribution in [2.45, 2.75) is 6.61 Å². The molecule has 0 aliphatic heterocycles. The van der Waals surface area contributed by atoms with E-state index in [1.807, 2.05) is 0 Å². The van der Waals surface area contributed by atoms with Crippen LogP contribution in [-0.2, 0) is 6.61 Å². The number of benzene rings is 2. The third kappa shape index (κ3) is 3.93. The number of nitrogens with one attached hydrogen (secondary N) is 1. The maximum absolute atomic E-state index is 11.5. The summed E-state index contributed by atoms with van der Waals surface area (Å²) in [5.41, 5.74) is 2.50. The van der Waals surface area contributed by atoms with Crippen molar-refractivity contribution in [2.24, 2.45) is 0 Å². The summed E-state index contributed by atoms with van der Waals surface area (Å²) in [5, 5.41) is 13.2. The molecule has 3 rings (SSSR count). The maximum atomic E-state index is 11.5. The molecule has 1 heterocycles. The van der Waals surface area contributed by atoms with Gasteiger partial charge in [0.1, 0.15) is 0 Å². The molecule has 9 heteroatoms. The Morgan fingerprint density at radius 1 is 1.23 bits per heavy atom. The van der Waals surface area contributed by atoms with Gasteiger partial charge in [-0.3, -0.25) is 10.0 Å². The van der Waals surface area contributed by atoms with E-state index in [9.17, 15) is 4.79 Å². The van der Waals surface area contributed by atoms with Crippen molar-refractivity contribution in [3.8, 4) is 23.0 Å². The Morgan fingerprint density at radius 2 is 2.00 bits per heavy atom. The topological polar surface area (TPSA) is 107 Å². The predicted octanol–water partition coefficient (Wildman–Crippen LogP) is 3.10. The Bertz CT molecular complexity index is 911. The summed E-state index contributed by atoms with van der Waals surface area (Å²) in [6.07, 6.45) is 0. The number of halogens is 1. The third-order valence-corrected chi connectivity index (χ3v) is 3.70. The summed E-state index contributed by atoms with van der Waals surface area (Å²) >= 11 is 5.85. The molecule has 2 N–H and O–H groups in total. The zero-order valence-corrected chi connectivity index (χ0v) is 14.4. The SMILES string of the molecule is COc1ccc(C(=O)NO)cc1OCc1noc(-c2ccc(Cl)cc2)n1. The molecule has 134 valence electrons. The van der Waals surface area contributed by atoms with Gasteiger partial charge < -0.3 is 14.0 Å². The van der Waals surface area contributed by atoms with Crippen molar-refractivity contribution < 1.29 is 24.0 Å². The summed E-state index contributed by atoms with van der Waals surface area (Å²) in [7, 11) is 1.47. The molecular formula is C17H14ClN3O5. The van der Waals surface area contributed by atoms with Crippen LogP contribution in [0, 0.1) is 0 Å². The first-order valence-corrected chi connectivity index (χ1v) is 7.82. The lowest BCUT2D eigenvalue weighted by Crippen LogP contribution is -2.18. The number of hydrogen-bond donors (Lipinski definition) is 2. The molecule has 0 fully saturated rings. The average molecular weight is 376 g/mol. The van der Waals surface area contributed by atoms with Gasteiger partial charge in [0.15, 0.2) is 18.1 Å². The van der Waals surface area contributed by atoms with Crippen LogP contribution in [0.15, 0.2) is 47.0 Å². The standard InChI is InChI=1S/C17H14ClN3O5/c1-24-13-7-4-11(16(22)20-23)8-14(13)25-9-15-19-17(26-21-15)10-2-5-12(18)6-3-10/h2-8,23H,9H2,1H3,(H,20,22). The van der Waals surface area contributed by atoms with E-state index >= 15 is 0 Å². The van der Waals surface area contributed by atoms with Crippen LogP contribution in [0.2, 0.25) is 5.02 Å². The number of carbonyl (C=O) groups is 1. The summed E-state index contributed by atoms with van der Waals surface area (Å²) in [5.74, 6) is 0.698. The molecule has 26 heavy (non-hydrogen) atoms. The maximum Gasteiger partial charge on any atom is 0.274 e. The van der Waals surface area contributed by atoms with Gasteiger partial charge in [-0.05, 0) is 42.5 Å². The minimum absolute atomic E-state index is 0.00233. The molecule has 0 saturated carbocycles. The number of aromatic nitrogens is 2. The number of ether oxygens (including phenoxy) is 2. The first kappa shape index (κ1) is 17.7. The van der Waals surface area contributed by atoms with Crippen molar-refractivity contribution in [2.75, 3.05) is 7.11 Å². The summed E-state index contributed by atoms with van der Waals surface area (Å²) < 4.78 is 16.0. The molecule has 0 aliphatic carbocycles. The highest BCUT2D eigenvalue weighted by Crippen LogP contribution is 2.29. The highest BCUT2D eigenvalue weighted by atomic mass is 35.5. The van der Waals surface area contributed by atoms with E-state index in [1.54, 1.807) is 35.8 Å². The van der Waals surface area contributed by atoms with Crippen LogP contribution in [0.3, 0.4) is 0 Å². The van der Waals surface area contributed by atoms with Crippen LogP contribution < -0.4 is 15.0 Å². The number of hydroxylamine groups is 1. The molecular weight excluding hydrogens is 362 g/mol. The molecule has 3 aromatic rings. The van der Waals surface area contributed by atoms with Crippen LogP contribution in [0.1, 0.15) is 16.2 Å². The van der Waals surface area contributed by atoms with E-state index in [0.717, 1.165) is 5.56 Å². The molecule has 1 aromatic heterocycles. The average Bonchev–Trinajstić information content (AvgIpc) is 3.15. The molecule has 8 nitrogen and oxygen atoms in total. The van der Waals surface area contributed by atoms with Gasteiger partial charge in [-0.15, -0.1) is 0 Å². The van der Waals surface area contributed by atoms with E-state index in [4.69, 9.17) is 30.8 Å². The second kappa shape index (κ2) is 7.85. The van der Waals surface area contributed by atoms with Gasteiger partial charge in [-0.25, -0.2) is 5.48 Å². The van der Waals surface area contributed by atoms with Gasteiger partial charge in [0.2, 0.25) is 5.82 Å². The smallest absolute Gasteiger partial charge is 0.274 e. The second-order valence-corrected chi connectivity index (χ2v) is 5.55. The van der Waals surface area contributed by atoms with Crippen LogP contribution in [0.5, 0.6) is 11.5 Å². The lowest BCUT2D eigenvalue weighted by molar-refractivity contribution is 0.0706. The summed E-state index contributed by atoms with van der Waals surface area (Å²) in [6.45, 7) is -0.00233. The van der Waals surface area contributed by atoms with E-state index in [0.29, 0.717) is 28.2 Å². The highest BCUT2D eigenvalue weighted by Gasteiger charge is 2.13. The normalized spacial score (nSPS) is 10.4. The van der Waals surface area contributed by atoms with Crippen molar-refractivity contribution in [3.05, 3.63) is 58.9 Å². The van der Waals surface area contributed by atoms with Gasteiger partial charge in [0, 0.05) is 16.1 Å². The summed E-state index contributed by atoms with van der Waals surface area (Å²) in [6, 6.07) is 11.4. The Labute approximate surface area is 153 Å². The number of methoxy groups -OCH3 is 1. The zero-order chi connectivity index (χ0) is 18.5. The van der Waals surface area contributed by atoms with Crippen LogP contribution >= 0.6 is 11.6 Å². The Morgan fingerprint density at radius 3 is 2.69 bits per heavy atom. The van der Waals surface area contributed by atoms with Gasteiger partial charge in [0.05, 0.1) is 7.11 Å². The fraction of sp³-hybridized carbons (Fsp3) is 0.118. The van der Waals surface area contributed by atoms with Crippen molar-refractivity contribution in [3.63, 3.8) is 0 Å². The van der Waals surface area contributed by atoms with Crippen LogP contribution in [0.25, 0.3) is 11.5 Å². The predicted molar refractivity (Wildman–Crippen MR) is 91.3 cm³/mol. The molecule has 0 bridgehead atoms. The monoisotopic (exact) mass is 375 g/mol. The quantitative estimate of drug-likeness (QED) is 0.503. The Kier molecular flexibility index (Phi) is 5.35. The number of rotatable bonds is 6. The van der Waals surface area contributed by atoms with E-state index in [-0.39, 0.29) is 12.2 Å². The minimum Gasteiger partial charge on any atom is -0.493 e. The fourth-order valence-electron chi connectivity index (χ4n) is 2.16. The number of carbonyl (C=O) groups excluding carboxylic acids is 1. The zero-order valence-electron chi connectivity index (χ0n) is 13.6. The minimum atomic E-state index is -0.665. The summed E-state index contributed by atoms with van der Waals surface area (Å²) in [4.78, 5) is 15.8. The molecule has 0 unspecified atom stereocenters. The molecule has 0 spiro atoms. The van der Waals surface area contributed by atoms with Crippen molar-refractivity contribution in [1.82, 2.24) is 15.6 Å². The number of nitrogens with zero attached hydrogens (tertiary/aromatic N) is 2. The molecule has 2 aromatic carbocycles.